The Morgan fingerprint density at radius 3 is 2.10 bits per heavy atom. The molecule has 2 aromatic rings. The van der Waals surface area contributed by atoms with E-state index < -0.39 is 5.92 Å². The van der Waals surface area contributed by atoms with Crippen LogP contribution < -0.4 is 10.1 Å². The second-order valence-corrected chi connectivity index (χ2v) is 13.8. The fraction of sp³-hybridized carbons (Fsp3) is 0.424. The zero-order valence-electron chi connectivity index (χ0n) is 24.0. The number of allylic oxidation sites excluding steroid dienone is 4. The van der Waals surface area contributed by atoms with E-state index in [1.54, 1.807) is 6.07 Å². The number of rotatable bonds is 5. The minimum Gasteiger partial charge on any atom is -0.483 e. The number of Topliss-reactive ketones (excluding diaryl/α,β-unsaturated/α-hetero) is 2. The van der Waals surface area contributed by atoms with Gasteiger partial charge in [0.25, 0.3) is 5.91 Å². The average molecular weight is 607 g/mol. The normalized spacial score (nSPS) is 20.1. The van der Waals surface area contributed by atoms with Crippen molar-refractivity contribution in [2.45, 2.75) is 73.1 Å². The zero-order valence-corrected chi connectivity index (χ0v) is 25.6. The third-order valence-corrected chi connectivity index (χ3v) is 8.37. The molecule has 0 atom stereocenters. The standard InChI is InChI=1S/C33H36BrNO5/c1-18-7-9-22(19(2)11-18)35-28(38)17-39-25-10-8-20(34)12-21(25)29-30-23(36)13-32(3,4)15-26(30)40-27-16-33(5,6)14-24(37)31(27)29/h7-12,29H,13-17H2,1-6H3,(H,35,38). The summed E-state index contributed by atoms with van der Waals surface area (Å²) in [5, 5.41) is 2.92. The number of hydrogen-bond donors (Lipinski definition) is 1. The number of nitrogens with one attached hydrogen (secondary N) is 1. The molecule has 7 heteroatoms. The smallest absolute Gasteiger partial charge is 0.262 e. The van der Waals surface area contributed by atoms with Crippen molar-refractivity contribution in [2.75, 3.05) is 11.9 Å². The van der Waals surface area contributed by atoms with Crippen LogP contribution >= 0.6 is 15.9 Å². The zero-order chi connectivity index (χ0) is 29.0. The lowest BCUT2D eigenvalue weighted by atomic mass is 9.65. The van der Waals surface area contributed by atoms with Crippen LogP contribution in [0.25, 0.3) is 0 Å². The highest BCUT2D eigenvalue weighted by Crippen LogP contribution is 2.54. The molecule has 0 saturated carbocycles. The van der Waals surface area contributed by atoms with Gasteiger partial charge in [-0.2, -0.15) is 0 Å². The molecule has 0 fully saturated rings. The van der Waals surface area contributed by atoms with Crippen LogP contribution in [-0.2, 0) is 19.1 Å². The number of ether oxygens (including phenoxy) is 2. The summed E-state index contributed by atoms with van der Waals surface area (Å²) in [5.74, 6) is 0.820. The van der Waals surface area contributed by atoms with E-state index in [0.717, 1.165) is 21.3 Å². The molecule has 1 aliphatic heterocycles. The molecule has 5 rings (SSSR count). The average Bonchev–Trinajstić information content (AvgIpc) is 2.82. The summed E-state index contributed by atoms with van der Waals surface area (Å²) in [6.07, 6.45) is 1.96. The van der Waals surface area contributed by atoms with Gasteiger partial charge in [0.1, 0.15) is 17.3 Å². The van der Waals surface area contributed by atoms with E-state index in [4.69, 9.17) is 9.47 Å². The van der Waals surface area contributed by atoms with Crippen LogP contribution in [0.15, 0.2) is 63.5 Å². The molecule has 210 valence electrons. The van der Waals surface area contributed by atoms with Crippen molar-refractivity contribution < 1.29 is 23.9 Å². The van der Waals surface area contributed by atoms with Crippen molar-refractivity contribution in [1.82, 2.24) is 0 Å². The molecule has 0 radical (unpaired) electrons. The van der Waals surface area contributed by atoms with Gasteiger partial charge < -0.3 is 14.8 Å². The summed E-state index contributed by atoms with van der Waals surface area (Å²) in [5.41, 5.74) is 4.09. The molecule has 1 heterocycles. The Balaban J connectivity index is 1.53. The number of amides is 1. The molecular weight excluding hydrogens is 570 g/mol. The molecule has 0 bridgehead atoms. The van der Waals surface area contributed by atoms with Gasteiger partial charge in [0.05, 0.1) is 5.92 Å². The topological polar surface area (TPSA) is 81.7 Å². The summed E-state index contributed by atoms with van der Waals surface area (Å²) in [6, 6.07) is 11.3. The largest absolute Gasteiger partial charge is 0.483 e. The van der Waals surface area contributed by atoms with Crippen LogP contribution in [0, 0.1) is 24.7 Å². The van der Waals surface area contributed by atoms with Crippen LogP contribution in [0.1, 0.15) is 76.0 Å². The monoisotopic (exact) mass is 605 g/mol. The van der Waals surface area contributed by atoms with Crippen LogP contribution in [-0.4, -0.2) is 24.1 Å². The molecule has 6 nitrogen and oxygen atoms in total. The molecule has 0 saturated heterocycles. The van der Waals surface area contributed by atoms with E-state index in [1.807, 2.05) is 44.2 Å². The van der Waals surface area contributed by atoms with Crippen LogP contribution in [0.2, 0.25) is 0 Å². The lowest BCUT2D eigenvalue weighted by Gasteiger charge is -2.43. The third kappa shape index (κ3) is 5.67. The second-order valence-electron chi connectivity index (χ2n) is 12.9. The van der Waals surface area contributed by atoms with Gasteiger partial charge >= 0.3 is 0 Å². The summed E-state index contributed by atoms with van der Waals surface area (Å²) >= 11 is 3.58. The van der Waals surface area contributed by atoms with E-state index in [-0.39, 0.29) is 34.9 Å². The fourth-order valence-electron chi connectivity index (χ4n) is 6.15. The molecule has 40 heavy (non-hydrogen) atoms. The number of benzene rings is 2. The first kappa shape index (κ1) is 28.3. The van der Waals surface area contributed by atoms with Gasteiger partial charge in [0.2, 0.25) is 0 Å². The van der Waals surface area contributed by atoms with Gasteiger partial charge in [0.15, 0.2) is 18.2 Å². The maximum atomic E-state index is 13.7. The van der Waals surface area contributed by atoms with Crippen molar-refractivity contribution in [1.29, 1.82) is 0 Å². The molecule has 3 aliphatic rings. The van der Waals surface area contributed by atoms with Crippen LogP contribution in [0.3, 0.4) is 0 Å². The Bertz CT molecular complexity index is 1440. The van der Waals surface area contributed by atoms with E-state index in [2.05, 4.69) is 48.9 Å². The fourth-order valence-corrected chi connectivity index (χ4v) is 6.52. The quantitative estimate of drug-likeness (QED) is 0.382. The molecule has 2 aliphatic carbocycles. The van der Waals surface area contributed by atoms with Crippen molar-refractivity contribution in [2.24, 2.45) is 10.8 Å². The summed E-state index contributed by atoms with van der Waals surface area (Å²) in [6.45, 7) is 12.0. The van der Waals surface area contributed by atoms with E-state index in [1.165, 1.54) is 0 Å². The number of anilines is 1. The minimum atomic E-state index is -0.610. The lowest BCUT2D eigenvalue weighted by molar-refractivity contribution is -0.121. The van der Waals surface area contributed by atoms with Gasteiger partial charge in [-0.05, 0) is 54.5 Å². The first-order valence-electron chi connectivity index (χ1n) is 13.7. The molecule has 0 aromatic heterocycles. The Hall–Kier alpha value is -3.19. The first-order chi connectivity index (χ1) is 18.7. The Morgan fingerprint density at radius 2 is 1.52 bits per heavy atom. The number of carbonyl (C=O) groups excluding carboxylic acids is 3. The van der Waals surface area contributed by atoms with E-state index >= 15 is 0 Å². The highest BCUT2D eigenvalue weighted by Gasteiger charge is 2.48. The van der Waals surface area contributed by atoms with E-state index in [9.17, 15) is 14.4 Å². The SMILES string of the molecule is Cc1ccc(NC(=O)COc2ccc(Br)cc2C2C3=C(CC(C)(C)CC3=O)OC3=C2C(=O)CC(C)(C)C3)c(C)c1. The van der Waals surface area contributed by atoms with Crippen molar-refractivity contribution >= 4 is 39.1 Å². The first-order valence-corrected chi connectivity index (χ1v) is 14.5. The third-order valence-electron chi connectivity index (χ3n) is 7.88. The number of aryl methyl sites for hydroxylation is 2. The predicted octanol–water partition coefficient (Wildman–Crippen LogP) is 7.48. The van der Waals surface area contributed by atoms with Crippen molar-refractivity contribution in [3.05, 3.63) is 80.2 Å². The summed E-state index contributed by atoms with van der Waals surface area (Å²) in [4.78, 5) is 40.2. The van der Waals surface area contributed by atoms with Crippen molar-refractivity contribution in [3.8, 4) is 5.75 Å². The maximum Gasteiger partial charge on any atom is 0.262 e. The van der Waals surface area contributed by atoms with Crippen LogP contribution in [0.4, 0.5) is 5.69 Å². The van der Waals surface area contributed by atoms with Gasteiger partial charge in [0, 0.05) is 52.6 Å². The lowest BCUT2D eigenvalue weighted by Crippen LogP contribution is -2.37. The number of hydrogen-bond acceptors (Lipinski definition) is 5. The number of halogens is 1. The highest BCUT2D eigenvalue weighted by molar-refractivity contribution is 9.10. The summed E-state index contributed by atoms with van der Waals surface area (Å²) < 4.78 is 13.3. The molecule has 0 unspecified atom stereocenters. The Labute approximate surface area is 244 Å². The molecule has 2 aromatic carbocycles. The van der Waals surface area contributed by atoms with Gasteiger partial charge in [-0.25, -0.2) is 0 Å². The van der Waals surface area contributed by atoms with Gasteiger partial charge in [-0.15, -0.1) is 0 Å². The summed E-state index contributed by atoms with van der Waals surface area (Å²) in [7, 11) is 0. The van der Waals surface area contributed by atoms with E-state index in [0.29, 0.717) is 59.7 Å². The second kappa shape index (κ2) is 10.3. The number of carbonyl (C=O) groups is 3. The minimum absolute atomic E-state index is 0.0149. The number of ketones is 2. The maximum absolute atomic E-state index is 13.7. The Kier molecular flexibility index (Phi) is 7.32. The molecular formula is C33H36BrNO5. The Morgan fingerprint density at radius 1 is 0.925 bits per heavy atom. The molecule has 1 N–H and O–H groups in total. The highest BCUT2D eigenvalue weighted by atomic mass is 79.9. The van der Waals surface area contributed by atoms with Gasteiger partial charge in [-0.3, -0.25) is 14.4 Å². The van der Waals surface area contributed by atoms with Crippen LogP contribution in [0.5, 0.6) is 5.75 Å². The molecule has 0 spiro atoms. The van der Waals surface area contributed by atoms with Gasteiger partial charge in [-0.1, -0.05) is 61.3 Å². The predicted molar refractivity (Wildman–Crippen MR) is 158 cm³/mol. The van der Waals surface area contributed by atoms with Crippen molar-refractivity contribution in [3.63, 3.8) is 0 Å². The molecule has 1 amide bonds.